The number of phenols is 1. The number of carbonyl (C=O) groups excluding carboxylic acids is 1. The molecule has 0 bridgehead atoms. The lowest BCUT2D eigenvalue weighted by atomic mass is 10.0. The monoisotopic (exact) mass is 262 g/mol. The molecule has 19 heavy (non-hydrogen) atoms. The molecule has 3 N–H and O–H groups in total. The van der Waals surface area contributed by atoms with E-state index in [1.165, 1.54) is 0 Å². The molecule has 1 aliphatic carbocycles. The number of rotatable bonds is 3. The van der Waals surface area contributed by atoms with Crippen molar-refractivity contribution in [2.75, 3.05) is 13.6 Å². The molecule has 1 fully saturated rings. The van der Waals surface area contributed by atoms with Crippen molar-refractivity contribution in [2.24, 2.45) is 11.7 Å². The quantitative estimate of drug-likeness (QED) is 0.874. The van der Waals surface area contributed by atoms with Gasteiger partial charge in [0.15, 0.2) is 0 Å². The number of hydrogen-bond donors (Lipinski definition) is 2. The van der Waals surface area contributed by atoms with Gasteiger partial charge in [0, 0.05) is 13.1 Å². The van der Waals surface area contributed by atoms with Crippen molar-refractivity contribution >= 4 is 5.91 Å². The van der Waals surface area contributed by atoms with Crippen LogP contribution in [0.1, 0.15) is 35.2 Å². The van der Waals surface area contributed by atoms with Crippen LogP contribution in [0.2, 0.25) is 0 Å². The molecular formula is C15H22N2O2. The third-order valence-electron chi connectivity index (χ3n) is 4.12. The van der Waals surface area contributed by atoms with Crippen LogP contribution in [0, 0.1) is 12.8 Å². The molecule has 4 nitrogen and oxygen atoms in total. The predicted molar refractivity (Wildman–Crippen MR) is 75.1 cm³/mol. The van der Waals surface area contributed by atoms with Crippen LogP contribution >= 0.6 is 0 Å². The minimum absolute atomic E-state index is 0.0548. The molecule has 4 heteroatoms. The second-order valence-electron chi connectivity index (χ2n) is 5.43. The molecule has 1 aromatic rings. The molecule has 1 saturated carbocycles. The smallest absolute Gasteiger partial charge is 0.257 e. The summed E-state index contributed by atoms with van der Waals surface area (Å²) >= 11 is 0. The first-order valence-electron chi connectivity index (χ1n) is 6.81. The third kappa shape index (κ3) is 2.73. The number of benzene rings is 1. The van der Waals surface area contributed by atoms with Gasteiger partial charge in [-0.05, 0) is 49.9 Å². The highest BCUT2D eigenvalue weighted by molar-refractivity contribution is 5.97. The van der Waals surface area contributed by atoms with Crippen molar-refractivity contribution in [1.82, 2.24) is 4.90 Å². The zero-order valence-corrected chi connectivity index (χ0v) is 11.6. The molecular weight excluding hydrogens is 240 g/mol. The average molecular weight is 262 g/mol. The summed E-state index contributed by atoms with van der Waals surface area (Å²) < 4.78 is 0. The number of nitrogens with zero attached hydrogens (tertiary/aromatic N) is 1. The van der Waals surface area contributed by atoms with E-state index in [2.05, 4.69) is 0 Å². The lowest BCUT2D eigenvalue weighted by Gasteiger charge is -2.29. The summed E-state index contributed by atoms with van der Waals surface area (Å²) in [5.74, 6) is 0.309. The van der Waals surface area contributed by atoms with Crippen LogP contribution in [0.4, 0.5) is 0 Å². The molecule has 1 aliphatic rings. The van der Waals surface area contributed by atoms with Gasteiger partial charge < -0.3 is 15.7 Å². The zero-order chi connectivity index (χ0) is 14.0. The van der Waals surface area contributed by atoms with E-state index >= 15 is 0 Å². The maximum Gasteiger partial charge on any atom is 0.257 e. The molecule has 0 aliphatic heterocycles. The minimum Gasteiger partial charge on any atom is -0.507 e. The maximum atomic E-state index is 12.5. The Morgan fingerprint density at radius 3 is 2.84 bits per heavy atom. The standard InChI is InChI=1S/C15H22N2O2/c1-10-6-7-12(14(18)8-10)15(19)17(2)13-5-3-4-11(13)9-16/h6-8,11,13,18H,3-5,9,16H2,1-2H3. The van der Waals surface area contributed by atoms with Gasteiger partial charge in [-0.25, -0.2) is 0 Å². The first kappa shape index (κ1) is 13.9. The van der Waals surface area contributed by atoms with Gasteiger partial charge in [0.1, 0.15) is 5.75 Å². The first-order valence-corrected chi connectivity index (χ1v) is 6.81. The lowest BCUT2D eigenvalue weighted by Crippen LogP contribution is -2.41. The van der Waals surface area contributed by atoms with Gasteiger partial charge in [-0.2, -0.15) is 0 Å². The molecule has 1 amide bonds. The van der Waals surface area contributed by atoms with E-state index in [0.29, 0.717) is 18.0 Å². The number of nitrogens with two attached hydrogens (primary N) is 1. The van der Waals surface area contributed by atoms with Crippen LogP contribution in [0.15, 0.2) is 18.2 Å². The van der Waals surface area contributed by atoms with Crippen molar-refractivity contribution < 1.29 is 9.90 Å². The fourth-order valence-corrected chi connectivity index (χ4v) is 2.97. The Labute approximate surface area is 114 Å². The van der Waals surface area contributed by atoms with Gasteiger partial charge in [0.2, 0.25) is 0 Å². The highest BCUT2D eigenvalue weighted by Crippen LogP contribution is 2.30. The van der Waals surface area contributed by atoms with Crippen LogP contribution in [0.25, 0.3) is 0 Å². The Morgan fingerprint density at radius 1 is 1.47 bits per heavy atom. The highest BCUT2D eigenvalue weighted by Gasteiger charge is 2.32. The molecule has 0 radical (unpaired) electrons. The number of hydrogen-bond acceptors (Lipinski definition) is 3. The minimum atomic E-state index is -0.122. The van der Waals surface area contributed by atoms with Crippen molar-refractivity contribution in [3.05, 3.63) is 29.3 Å². The molecule has 1 aromatic carbocycles. The second-order valence-corrected chi connectivity index (χ2v) is 5.43. The summed E-state index contributed by atoms with van der Waals surface area (Å²) in [7, 11) is 1.81. The third-order valence-corrected chi connectivity index (χ3v) is 4.12. The molecule has 2 rings (SSSR count). The van der Waals surface area contributed by atoms with E-state index in [1.807, 2.05) is 13.0 Å². The predicted octanol–water partition coefficient (Wildman–Crippen LogP) is 1.90. The molecule has 2 atom stereocenters. The molecule has 0 spiro atoms. The van der Waals surface area contributed by atoms with Gasteiger partial charge >= 0.3 is 0 Å². The average Bonchev–Trinajstić information content (AvgIpc) is 2.85. The summed E-state index contributed by atoms with van der Waals surface area (Å²) in [6, 6.07) is 5.35. The summed E-state index contributed by atoms with van der Waals surface area (Å²) in [5, 5.41) is 9.90. The number of aromatic hydroxyl groups is 1. The van der Waals surface area contributed by atoms with Crippen molar-refractivity contribution in [3.63, 3.8) is 0 Å². The van der Waals surface area contributed by atoms with Gasteiger partial charge in [-0.15, -0.1) is 0 Å². The topological polar surface area (TPSA) is 66.6 Å². The molecule has 104 valence electrons. The van der Waals surface area contributed by atoms with Gasteiger partial charge in [-0.3, -0.25) is 4.79 Å². The zero-order valence-electron chi connectivity index (χ0n) is 11.6. The number of aryl methyl sites for hydroxylation is 1. The Kier molecular flexibility index (Phi) is 4.10. The molecule has 2 unspecified atom stereocenters. The van der Waals surface area contributed by atoms with Crippen molar-refractivity contribution in [1.29, 1.82) is 0 Å². The Balaban J connectivity index is 2.19. The fourth-order valence-electron chi connectivity index (χ4n) is 2.97. The normalized spacial score (nSPS) is 22.5. The Morgan fingerprint density at radius 2 is 2.21 bits per heavy atom. The summed E-state index contributed by atoms with van der Waals surface area (Å²) in [6.45, 7) is 2.50. The van der Waals surface area contributed by atoms with E-state index in [1.54, 1.807) is 24.1 Å². The van der Waals surface area contributed by atoms with Crippen molar-refractivity contribution in [3.8, 4) is 5.75 Å². The number of amides is 1. The summed E-state index contributed by atoms with van der Waals surface area (Å²) in [6.07, 6.45) is 3.19. The van der Waals surface area contributed by atoms with Crippen LogP contribution in [0.3, 0.4) is 0 Å². The SMILES string of the molecule is Cc1ccc(C(=O)N(C)C2CCCC2CN)c(O)c1. The van der Waals surface area contributed by atoms with Gasteiger partial charge in [0.25, 0.3) is 5.91 Å². The molecule has 0 aromatic heterocycles. The van der Waals surface area contributed by atoms with E-state index < -0.39 is 0 Å². The summed E-state index contributed by atoms with van der Waals surface area (Å²) in [4.78, 5) is 14.2. The highest BCUT2D eigenvalue weighted by atomic mass is 16.3. The molecule has 0 heterocycles. The largest absolute Gasteiger partial charge is 0.507 e. The van der Waals surface area contributed by atoms with E-state index in [9.17, 15) is 9.90 Å². The van der Waals surface area contributed by atoms with E-state index in [0.717, 1.165) is 24.8 Å². The second kappa shape index (κ2) is 5.61. The van der Waals surface area contributed by atoms with Crippen LogP contribution < -0.4 is 5.73 Å². The van der Waals surface area contributed by atoms with E-state index in [4.69, 9.17) is 5.73 Å². The molecule has 0 saturated heterocycles. The Bertz CT molecular complexity index is 473. The van der Waals surface area contributed by atoms with Gasteiger partial charge in [-0.1, -0.05) is 12.5 Å². The van der Waals surface area contributed by atoms with Crippen LogP contribution in [0.5, 0.6) is 5.75 Å². The number of phenolic OH excluding ortho intramolecular Hbond substituents is 1. The van der Waals surface area contributed by atoms with Crippen molar-refractivity contribution in [2.45, 2.75) is 32.2 Å². The Hall–Kier alpha value is -1.55. The van der Waals surface area contributed by atoms with Crippen LogP contribution in [-0.4, -0.2) is 35.5 Å². The lowest BCUT2D eigenvalue weighted by molar-refractivity contribution is 0.0697. The van der Waals surface area contributed by atoms with Crippen LogP contribution in [-0.2, 0) is 0 Å². The first-order chi connectivity index (χ1) is 9.04. The van der Waals surface area contributed by atoms with Gasteiger partial charge in [0.05, 0.1) is 5.56 Å². The number of carbonyl (C=O) groups is 1. The fraction of sp³-hybridized carbons (Fsp3) is 0.533. The van der Waals surface area contributed by atoms with E-state index in [-0.39, 0.29) is 17.7 Å². The maximum absolute atomic E-state index is 12.5. The summed E-state index contributed by atoms with van der Waals surface area (Å²) in [5.41, 5.74) is 7.08.